The Kier molecular flexibility index (Phi) is 6.68. The second-order valence-electron chi connectivity index (χ2n) is 10.8. The van der Waals surface area contributed by atoms with Crippen LogP contribution in [0.25, 0.3) is 17.3 Å². The molecule has 1 aromatic carbocycles. The SMILES string of the molecule is Cc1ccc(S(=O)(=O)OCC23CCC(/C=C/c4c(-c5c(Cl)cncc5Cl)noc4C4CC4)(CC2)CO3)cc1. The van der Waals surface area contributed by atoms with Crippen molar-refractivity contribution in [3.05, 3.63) is 69.7 Å². The second-order valence-corrected chi connectivity index (χ2v) is 13.2. The van der Waals surface area contributed by atoms with Gasteiger partial charge in [-0.3, -0.25) is 9.17 Å². The van der Waals surface area contributed by atoms with Crippen LogP contribution < -0.4 is 0 Å². The molecule has 3 aromatic rings. The zero-order valence-electron chi connectivity index (χ0n) is 21.0. The summed E-state index contributed by atoms with van der Waals surface area (Å²) in [6.07, 6.45) is 12.7. The highest BCUT2D eigenvalue weighted by molar-refractivity contribution is 7.86. The molecule has 2 aromatic heterocycles. The van der Waals surface area contributed by atoms with E-state index in [1.54, 1.807) is 36.7 Å². The Bertz CT molecular complexity index is 1450. The van der Waals surface area contributed by atoms with Gasteiger partial charge in [-0.1, -0.05) is 58.2 Å². The molecule has 2 bridgehead atoms. The Labute approximate surface area is 232 Å². The lowest BCUT2D eigenvalue weighted by atomic mass is 9.66. The molecule has 0 spiro atoms. The van der Waals surface area contributed by atoms with Crippen LogP contribution in [0.2, 0.25) is 10.0 Å². The van der Waals surface area contributed by atoms with Crippen LogP contribution in [0, 0.1) is 12.3 Å². The van der Waals surface area contributed by atoms with Gasteiger partial charge in [-0.25, -0.2) is 0 Å². The van der Waals surface area contributed by atoms with Gasteiger partial charge in [0.05, 0.1) is 33.8 Å². The number of benzene rings is 1. The van der Waals surface area contributed by atoms with Gasteiger partial charge in [0.15, 0.2) is 0 Å². The van der Waals surface area contributed by atoms with E-state index in [0.717, 1.165) is 55.4 Å². The van der Waals surface area contributed by atoms with Gasteiger partial charge in [0.1, 0.15) is 11.5 Å². The second kappa shape index (κ2) is 9.75. The Morgan fingerprint density at radius 2 is 1.76 bits per heavy atom. The number of halogens is 2. The maximum atomic E-state index is 12.7. The zero-order chi connectivity index (χ0) is 26.5. The average molecular weight is 576 g/mol. The molecule has 7 rings (SSSR count). The number of hydrogen-bond donors (Lipinski definition) is 0. The molecule has 38 heavy (non-hydrogen) atoms. The first-order valence-electron chi connectivity index (χ1n) is 12.8. The summed E-state index contributed by atoms with van der Waals surface area (Å²) in [6.45, 7) is 2.42. The molecule has 4 fully saturated rings. The van der Waals surface area contributed by atoms with E-state index in [1.165, 1.54) is 0 Å². The molecule has 7 nitrogen and oxygen atoms in total. The van der Waals surface area contributed by atoms with E-state index in [4.69, 9.17) is 36.6 Å². The summed E-state index contributed by atoms with van der Waals surface area (Å²) in [5.41, 5.74) is 2.38. The van der Waals surface area contributed by atoms with E-state index in [1.807, 2.05) is 6.92 Å². The molecule has 0 unspecified atom stereocenters. The number of pyridine rings is 1. The van der Waals surface area contributed by atoms with E-state index >= 15 is 0 Å². The first-order chi connectivity index (χ1) is 18.2. The fourth-order valence-electron chi connectivity index (χ4n) is 5.34. The Hall–Kier alpha value is -2.23. The van der Waals surface area contributed by atoms with Crippen molar-refractivity contribution in [1.29, 1.82) is 0 Å². The van der Waals surface area contributed by atoms with Gasteiger partial charge in [0.2, 0.25) is 0 Å². The van der Waals surface area contributed by atoms with Crippen molar-refractivity contribution in [3.63, 3.8) is 0 Å². The monoisotopic (exact) mass is 574 g/mol. The van der Waals surface area contributed by atoms with Crippen molar-refractivity contribution in [1.82, 2.24) is 10.1 Å². The van der Waals surface area contributed by atoms with Crippen molar-refractivity contribution in [2.24, 2.45) is 5.41 Å². The normalized spacial score (nSPS) is 25.3. The summed E-state index contributed by atoms with van der Waals surface area (Å²) in [4.78, 5) is 4.22. The summed E-state index contributed by atoms with van der Waals surface area (Å²) in [6, 6.07) is 6.67. The smallest absolute Gasteiger partial charge is 0.297 e. The van der Waals surface area contributed by atoms with Crippen LogP contribution in [0.4, 0.5) is 0 Å². The minimum absolute atomic E-state index is 0.0175. The van der Waals surface area contributed by atoms with Crippen molar-refractivity contribution >= 4 is 39.4 Å². The number of aromatic nitrogens is 2. The molecule has 2 saturated heterocycles. The highest BCUT2D eigenvalue weighted by Gasteiger charge is 2.49. The summed E-state index contributed by atoms with van der Waals surface area (Å²) < 4.78 is 43.0. The van der Waals surface area contributed by atoms with Gasteiger partial charge in [0, 0.05) is 34.9 Å². The summed E-state index contributed by atoms with van der Waals surface area (Å²) >= 11 is 12.9. The number of rotatable bonds is 8. The van der Waals surface area contributed by atoms with Crippen molar-refractivity contribution in [2.45, 2.75) is 61.9 Å². The van der Waals surface area contributed by atoms with Gasteiger partial charge >= 0.3 is 0 Å². The molecule has 0 atom stereocenters. The Balaban J connectivity index is 1.19. The third-order valence-electron chi connectivity index (χ3n) is 8.01. The van der Waals surface area contributed by atoms with E-state index in [0.29, 0.717) is 33.8 Å². The van der Waals surface area contributed by atoms with Crippen LogP contribution in [0.3, 0.4) is 0 Å². The van der Waals surface area contributed by atoms with Gasteiger partial charge < -0.3 is 9.26 Å². The maximum Gasteiger partial charge on any atom is 0.297 e. The lowest BCUT2D eigenvalue weighted by molar-refractivity contribution is -0.180. The fourth-order valence-corrected chi connectivity index (χ4v) is 6.86. The molecule has 4 heterocycles. The van der Waals surface area contributed by atoms with Gasteiger partial charge in [-0.15, -0.1) is 0 Å². The highest BCUT2D eigenvalue weighted by atomic mass is 35.5. The third-order valence-corrected chi connectivity index (χ3v) is 9.86. The number of ether oxygens (including phenoxy) is 1. The molecular weight excluding hydrogens is 547 g/mol. The topological polar surface area (TPSA) is 91.5 Å². The Morgan fingerprint density at radius 3 is 2.37 bits per heavy atom. The number of hydrogen-bond acceptors (Lipinski definition) is 7. The largest absolute Gasteiger partial charge is 0.372 e. The lowest BCUT2D eigenvalue weighted by Crippen LogP contribution is -2.53. The predicted octanol–water partition coefficient (Wildman–Crippen LogP) is 6.98. The molecule has 10 heteroatoms. The summed E-state index contributed by atoms with van der Waals surface area (Å²) in [7, 11) is -3.85. The highest BCUT2D eigenvalue weighted by Crippen LogP contribution is 2.51. The van der Waals surface area contributed by atoms with Crippen LogP contribution >= 0.6 is 23.2 Å². The molecule has 2 aliphatic carbocycles. The Morgan fingerprint density at radius 1 is 1.08 bits per heavy atom. The molecule has 200 valence electrons. The van der Waals surface area contributed by atoms with Gasteiger partial charge in [-0.2, -0.15) is 8.42 Å². The van der Waals surface area contributed by atoms with Crippen LogP contribution in [0.1, 0.15) is 61.3 Å². The lowest BCUT2D eigenvalue weighted by Gasteiger charge is -2.51. The molecule has 0 amide bonds. The van der Waals surface area contributed by atoms with Crippen LogP contribution in [-0.4, -0.2) is 37.4 Å². The first kappa shape index (κ1) is 26.0. The van der Waals surface area contributed by atoms with Gasteiger partial charge in [0.25, 0.3) is 10.1 Å². The standard InChI is InChI=1S/C28H28Cl2N2O5S/c1-18-2-6-20(7-3-18)38(33,34)36-17-28-12-10-27(11-13-28,16-35-28)9-8-21-25(32-37-26(21)19-4-5-19)24-22(29)14-31-15-23(24)30/h2-3,6-9,14-15,19H,4-5,10-13,16-17H2,1H3/b9-8+. The van der Waals surface area contributed by atoms with Crippen molar-refractivity contribution in [3.8, 4) is 11.3 Å². The van der Waals surface area contributed by atoms with Gasteiger partial charge in [-0.05, 0) is 57.6 Å². The third kappa shape index (κ3) is 4.93. The minimum Gasteiger partial charge on any atom is -0.372 e. The number of aryl methyl sites for hydroxylation is 1. The molecular formula is C28H28Cl2N2O5S. The van der Waals surface area contributed by atoms with E-state index in [2.05, 4.69) is 22.3 Å². The van der Waals surface area contributed by atoms with Crippen molar-refractivity contribution in [2.75, 3.05) is 13.2 Å². The quantitative estimate of drug-likeness (QED) is 0.268. The molecule has 0 N–H and O–H groups in total. The average Bonchev–Trinajstić information content (AvgIpc) is 3.68. The van der Waals surface area contributed by atoms with Crippen LogP contribution in [0.5, 0.6) is 0 Å². The van der Waals surface area contributed by atoms with E-state index in [9.17, 15) is 8.42 Å². The van der Waals surface area contributed by atoms with Crippen molar-refractivity contribution < 1.29 is 21.9 Å². The molecule has 2 aliphatic heterocycles. The predicted molar refractivity (Wildman–Crippen MR) is 145 cm³/mol. The summed E-state index contributed by atoms with van der Waals surface area (Å²) in [5.74, 6) is 1.20. The minimum atomic E-state index is -3.85. The zero-order valence-corrected chi connectivity index (χ0v) is 23.3. The molecule has 0 radical (unpaired) electrons. The van der Waals surface area contributed by atoms with E-state index in [-0.39, 0.29) is 16.9 Å². The molecule has 4 aliphatic rings. The van der Waals surface area contributed by atoms with Crippen LogP contribution in [0.15, 0.2) is 52.2 Å². The number of fused-ring (bicyclic) bond motifs is 3. The first-order valence-corrected chi connectivity index (χ1v) is 14.9. The van der Waals surface area contributed by atoms with Crippen LogP contribution in [-0.2, 0) is 19.0 Å². The number of nitrogens with zero attached hydrogens (tertiary/aromatic N) is 2. The van der Waals surface area contributed by atoms with E-state index < -0.39 is 15.7 Å². The maximum absolute atomic E-state index is 12.7. The summed E-state index contributed by atoms with van der Waals surface area (Å²) in [5, 5.41) is 5.19. The fraction of sp³-hybridized carbons (Fsp3) is 0.429. The molecule has 2 saturated carbocycles.